The Morgan fingerprint density at radius 3 is 2.89 bits per heavy atom. The summed E-state index contributed by atoms with van der Waals surface area (Å²) in [5, 5.41) is 3.51. The number of nitrogens with zero attached hydrogens (tertiary/aromatic N) is 1. The summed E-state index contributed by atoms with van der Waals surface area (Å²) in [6.07, 6.45) is 6.50. The number of hydrogen-bond donors (Lipinski definition) is 2. The molecule has 0 saturated carbocycles. The first kappa shape index (κ1) is 12.9. The summed E-state index contributed by atoms with van der Waals surface area (Å²) in [5.74, 6) is 3.02. The minimum absolute atomic E-state index is 0.191. The summed E-state index contributed by atoms with van der Waals surface area (Å²) in [6, 6.07) is 4.31. The van der Waals surface area contributed by atoms with Crippen LogP contribution in [0, 0.1) is 0 Å². The van der Waals surface area contributed by atoms with Crippen molar-refractivity contribution in [3.05, 3.63) is 41.9 Å². The number of aromatic nitrogens is 2. The second-order valence-corrected chi connectivity index (χ2v) is 4.40. The molecule has 2 aromatic rings. The molecule has 2 heterocycles. The maximum atomic E-state index is 5.84. The van der Waals surface area contributed by atoms with Crippen molar-refractivity contribution >= 4 is 0 Å². The molecule has 2 rings (SSSR count). The molecule has 0 aliphatic rings. The predicted octanol–water partition coefficient (Wildman–Crippen LogP) is 2.85. The number of H-pyrrole nitrogens is 1. The lowest BCUT2D eigenvalue weighted by atomic mass is 10.1. The van der Waals surface area contributed by atoms with Gasteiger partial charge in [0.1, 0.15) is 17.3 Å². The molecule has 98 valence electrons. The summed E-state index contributed by atoms with van der Waals surface area (Å²) in [5.41, 5.74) is 0. The van der Waals surface area contributed by atoms with E-state index < -0.39 is 0 Å². The molecule has 18 heavy (non-hydrogen) atoms. The van der Waals surface area contributed by atoms with Crippen molar-refractivity contribution in [3.8, 4) is 0 Å². The lowest BCUT2D eigenvalue weighted by Crippen LogP contribution is -2.24. The van der Waals surface area contributed by atoms with Gasteiger partial charge in [-0.1, -0.05) is 13.8 Å². The quantitative estimate of drug-likeness (QED) is 0.791. The number of aryl methyl sites for hydroxylation is 1. The minimum atomic E-state index is 0.191. The average Bonchev–Trinajstić information content (AvgIpc) is 3.05. The van der Waals surface area contributed by atoms with E-state index in [1.165, 1.54) is 0 Å². The molecular weight excluding hydrogens is 226 g/mol. The van der Waals surface area contributed by atoms with Crippen LogP contribution in [0.5, 0.6) is 0 Å². The van der Waals surface area contributed by atoms with Crippen LogP contribution in [-0.2, 0) is 12.8 Å². The van der Waals surface area contributed by atoms with E-state index in [-0.39, 0.29) is 6.04 Å². The largest absolute Gasteiger partial charge is 0.464 e. The van der Waals surface area contributed by atoms with Crippen LogP contribution in [0.4, 0.5) is 0 Å². The van der Waals surface area contributed by atoms with Crippen molar-refractivity contribution in [2.24, 2.45) is 0 Å². The Morgan fingerprint density at radius 2 is 2.28 bits per heavy atom. The van der Waals surface area contributed by atoms with E-state index in [1.54, 1.807) is 6.20 Å². The van der Waals surface area contributed by atoms with E-state index in [9.17, 15) is 0 Å². The number of aromatic amines is 1. The van der Waals surface area contributed by atoms with Gasteiger partial charge in [0, 0.05) is 25.2 Å². The molecule has 0 aliphatic carbocycles. The lowest BCUT2D eigenvalue weighted by Gasteiger charge is -2.15. The molecular formula is C14H21N3O. The smallest absolute Gasteiger partial charge is 0.121 e. The van der Waals surface area contributed by atoms with Crippen LogP contribution in [0.2, 0.25) is 0 Å². The van der Waals surface area contributed by atoms with E-state index >= 15 is 0 Å². The summed E-state index contributed by atoms with van der Waals surface area (Å²) >= 11 is 0. The highest BCUT2D eigenvalue weighted by Gasteiger charge is 2.16. The van der Waals surface area contributed by atoms with Gasteiger partial charge in [0.2, 0.25) is 0 Å². The fraction of sp³-hybridized carbons (Fsp3) is 0.500. The number of rotatable bonds is 7. The highest BCUT2D eigenvalue weighted by Crippen LogP contribution is 2.20. The minimum Gasteiger partial charge on any atom is -0.464 e. The van der Waals surface area contributed by atoms with E-state index in [1.807, 2.05) is 6.20 Å². The second kappa shape index (κ2) is 6.40. The van der Waals surface area contributed by atoms with Gasteiger partial charge in [-0.25, -0.2) is 4.98 Å². The van der Waals surface area contributed by atoms with E-state index in [0.717, 1.165) is 43.2 Å². The standard InChI is InChI=1S/C14H21N3O/c1-3-7-15-12(10-14-16-8-9-17-14)13-6-5-11(4-2)18-13/h5-6,8-9,12,15H,3-4,7,10H2,1-2H3,(H,16,17). The molecule has 0 aromatic carbocycles. The van der Waals surface area contributed by atoms with Crippen molar-refractivity contribution in [2.45, 2.75) is 39.2 Å². The molecule has 4 heteroatoms. The zero-order valence-electron chi connectivity index (χ0n) is 11.1. The first-order chi connectivity index (χ1) is 8.83. The fourth-order valence-electron chi connectivity index (χ4n) is 1.97. The van der Waals surface area contributed by atoms with Gasteiger partial charge >= 0.3 is 0 Å². The highest BCUT2D eigenvalue weighted by atomic mass is 16.3. The average molecular weight is 247 g/mol. The zero-order chi connectivity index (χ0) is 12.8. The van der Waals surface area contributed by atoms with Crippen molar-refractivity contribution in [1.82, 2.24) is 15.3 Å². The van der Waals surface area contributed by atoms with Crippen LogP contribution in [0.1, 0.15) is 43.7 Å². The Kier molecular flexibility index (Phi) is 4.59. The van der Waals surface area contributed by atoms with Crippen LogP contribution >= 0.6 is 0 Å². The Labute approximate surface area is 108 Å². The molecule has 1 atom stereocenters. The maximum Gasteiger partial charge on any atom is 0.121 e. The van der Waals surface area contributed by atoms with Crippen LogP contribution < -0.4 is 5.32 Å². The number of furan rings is 1. The first-order valence-corrected chi connectivity index (χ1v) is 6.63. The molecule has 2 aromatic heterocycles. The zero-order valence-corrected chi connectivity index (χ0v) is 11.1. The Balaban J connectivity index is 2.08. The van der Waals surface area contributed by atoms with Crippen LogP contribution in [0.15, 0.2) is 28.9 Å². The Morgan fingerprint density at radius 1 is 1.39 bits per heavy atom. The van der Waals surface area contributed by atoms with Gasteiger partial charge < -0.3 is 14.7 Å². The molecule has 0 amide bonds. The third-order valence-corrected chi connectivity index (χ3v) is 2.97. The predicted molar refractivity (Wildman–Crippen MR) is 71.4 cm³/mol. The third kappa shape index (κ3) is 3.23. The maximum absolute atomic E-state index is 5.84. The monoisotopic (exact) mass is 247 g/mol. The van der Waals surface area contributed by atoms with Crippen molar-refractivity contribution in [2.75, 3.05) is 6.54 Å². The normalized spacial score (nSPS) is 12.8. The molecule has 0 radical (unpaired) electrons. The van der Waals surface area contributed by atoms with Crippen molar-refractivity contribution in [3.63, 3.8) is 0 Å². The topological polar surface area (TPSA) is 53.9 Å². The molecule has 0 aliphatic heterocycles. The molecule has 0 saturated heterocycles. The SMILES string of the molecule is CCCNC(Cc1ncc[nH]1)c1ccc(CC)o1. The Hall–Kier alpha value is -1.55. The molecule has 0 bridgehead atoms. The van der Waals surface area contributed by atoms with Gasteiger partial charge in [-0.05, 0) is 25.1 Å². The van der Waals surface area contributed by atoms with E-state index in [0.29, 0.717) is 0 Å². The number of nitrogens with one attached hydrogen (secondary N) is 2. The van der Waals surface area contributed by atoms with Crippen LogP contribution in [-0.4, -0.2) is 16.5 Å². The fourth-order valence-corrected chi connectivity index (χ4v) is 1.97. The first-order valence-electron chi connectivity index (χ1n) is 6.63. The molecule has 4 nitrogen and oxygen atoms in total. The van der Waals surface area contributed by atoms with Crippen LogP contribution in [0.3, 0.4) is 0 Å². The third-order valence-electron chi connectivity index (χ3n) is 2.97. The van der Waals surface area contributed by atoms with Gasteiger partial charge in [-0.2, -0.15) is 0 Å². The number of hydrogen-bond acceptors (Lipinski definition) is 3. The summed E-state index contributed by atoms with van der Waals surface area (Å²) in [7, 11) is 0. The number of imidazole rings is 1. The van der Waals surface area contributed by atoms with Gasteiger partial charge in [0.25, 0.3) is 0 Å². The summed E-state index contributed by atoms with van der Waals surface area (Å²) in [4.78, 5) is 7.42. The Bertz CT molecular complexity index is 447. The van der Waals surface area contributed by atoms with Gasteiger partial charge in [-0.3, -0.25) is 0 Å². The van der Waals surface area contributed by atoms with E-state index in [2.05, 4.69) is 41.3 Å². The van der Waals surface area contributed by atoms with Crippen LogP contribution in [0.25, 0.3) is 0 Å². The summed E-state index contributed by atoms with van der Waals surface area (Å²) < 4.78 is 5.84. The van der Waals surface area contributed by atoms with Gasteiger partial charge in [0.15, 0.2) is 0 Å². The van der Waals surface area contributed by atoms with Gasteiger partial charge in [-0.15, -0.1) is 0 Å². The summed E-state index contributed by atoms with van der Waals surface area (Å²) in [6.45, 7) is 5.24. The lowest BCUT2D eigenvalue weighted by molar-refractivity contribution is 0.389. The van der Waals surface area contributed by atoms with Gasteiger partial charge in [0.05, 0.1) is 6.04 Å². The van der Waals surface area contributed by atoms with E-state index in [4.69, 9.17) is 4.42 Å². The van der Waals surface area contributed by atoms with Crippen molar-refractivity contribution in [1.29, 1.82) is 0 Å². The molecule has 0 fully saturated rings. The second-order valence-electron chi connectivity index (χ2n) is 4.40. The molecule has 0 spiro atoms. The molecule has 2 N–H and O–H groups in total. The molecule has 1 unspecified atom stereocenters. The van der Waals surface area contributed by atoms with Crippen molar-refractivity contribution < 1.29 is 4.42 Å². The highest BCUT2D eigenvalue weighted by molar-refractivity contribution is 5.12.